The summed E-state index contributed by atoms with van der Waals surface area (Å²) in [4.78, 5) is 4.84. The molecule has 0 saturated carbocycles. The average molecular weight is 478 g/mol. The van der Waals surface area contributed by atoms with Crippen molar-refractivity contribution in [3.63, 3.8) is 0 Å². The predicted molar refractivity (Wildman–Crippen MR) is 131 cm³/mol. The summed E-state index contributed by atoms with van der Waals surface area (Å²) < 4.78 is 30.5. The Bertz CT molecular complexity index is 1300. The third-order valence-electron chi connectivity index (χ3n) is 6.22. The number of pyridine rings is 1. The van der Waals surface area contributed by atoms with Crippen molar-refractivity contribution < 1.29 is 13.9 Å². The molecule has 1 aromatic carbocycles. The smallest absolute Gasteiger partial charge is 0.135 e. The molecule has 0 aliphatic carbocycles. The fourth-order valence-corrected chi connectivity index (χ4v) is 4.09. The fourth-order valence-electron chi connectivity index (χ4n) is 4.09. The van der Waals surface area contributed by atoms with Crippen LogP contribution in [0.4, 0.5) is 8.78 Å². The number of halogens is 2. The molecule has 4 aromatic rings. The van der Waals surface area contributed by atoms with Crippen molar-refractivity contribution in [2.75, 3.05) is 0 Å². The van der Waals surface area contributed by atoms with Gasteiger partial charge in [-0.15, -0.1) is 0 Å². The first-order valence-electron chi connectivity index (χ1n) is 11.8. The summed E-state index contributed by atoms with van der Waals surface area (Å²) in [6.07, 6.45) is 3.91. The van der Waals surface area contributed by atoms with Gasteiger partial charge in [-0.1, -0.05) is 32.9 Å². The van der Waals surface area contributed by atoms with Gasteiger partial charge in [-0.05, 0) is 55.2 Å². The Balaban J connectivity index is 1.72. The lowest BCUT2D eigenvalue weighted by Gasteiger charge is -2.19. The van der Waals surface area contributed by atoms with Crippen LogP contribution in [0.5, 0.6) is 0 Å². The van der Waals surface area contributed by atoms with E-state index in [4.69, 9.17) is 4.98 Å². The van der Waals surface area contributed by atoms with E-state index < -0.39 is 17.7 Å². The first-order valence-corrected chi connectivity index (χ1v) is 11.8. The molecular formula is C27H29F2N5O. The van der Waals surface area contributed by atoms with Crippen LogP contribution >= 0.6 is 0 Å². The summed E-state index contributed by atoms with van der Waals surface area (Å²) >= 11 is 0. The molecule has 4 rings (SSSR count). The molecule has 3 atom stereocenters. The van der Waals surface area contributed by atoms with Crippen LogP contribution in [0, 0.1) is 11.6 Å². The quantitative estimate of drug-likeness (QED) is 0.351. The highest BCUT2D eigenvalue weighted by atomic mass is 19.1. The fraction of sp³-hybridized carbons (Fsp3) is 0.333. The molecule has 0 spiro atoms. The number of aromatic nitrogens is 5. The molecular weight excluding hydrogens is 448 g/mol. The highest BCUT2D eigenvalue weighted by Crippen LogP contribution is 2.34. The third-order valence-corrected chi connectivity index (χ3v) is 6.22. The molecule has 1 N–H and O–H groups in total. The minimum absolute atomic E-state index is 0.110. The van der Waals surface area contributed by atoms with E-state index in [2.05, 4.69) is 29.1 Å². The minimum atomic E-state index is -0.666. The van der Waals surface area contributed by atoms with Gasteiger partial charge in [0.25, 0.3) is 0 Å². The van der Waals surface area contributed by atoms with Crippen molar-refractivity contribution in [2.45, 2.75) is 58.6 Å². The molecule has 0 fully saturated rings. The lowest BCUT2D eigenvalue weighted by molar-refractivity contribution is 0.168. The molecule has 182 valence electrons. The third kappa shape index (κ3) is 5.27. The molecule has 3 heterocycles. The molecule has 0 aliphatic heterocycles. The van der Waals surface area contributed by atoms with E-state index in [1.165, 1.54) is 18.2 Å². The summed E-state index contributed by atoms with van der Waals surface area (Å²) in [7, 11) is 0. The van der Waals surface area contributed by atoms with E-state index in [0.717, 1.165) is 34.6 Å². The maximum Gasteiger partial charge on any atom is 0.135 e. The van der Waals surface area contributed by atoms with Crippen molar-refractivity contribution in [2.24, 2.45) is 0 Å². The Hall–Kier alpha value is -3.52. The maximum atomic E-state index is 14.4. The van der Waals surface area contributed by atoms with E-state index >= 15 is 0 Å². The van der Waals surface area contributed by atoms with Crippen LogP contribution in [0.1, 0.15) is 62.9 Å². The van der Waals surface area contributed by atoms with Gasteiger partial charge < -0.3 is 5.11 Å². The van der Waals surface area contributed by atoms with Crippen LogP contribution in [0.25, 0.3) is 22.5 Å². The van der Waals surface area contributed by atoms with Gasteiger partial charge in [0.1, 0.15) is 11.6 Å². The van der Waals surface area contributed by atoms with Gasteiger partial charge in [0, 0.05) is 23.4 Å². The SMILES string of the molecule is CC[C@H](C)c1cc(-c2c(F)cccc2F)nnc1C(C)c1cccc(-c2cnn(C[C@@H](C)O)c2)n1. The molecule has 1 unspecified atom stereocenters. The van der Waals surface area contributed by atoms with E-state index in [1.54, 1.807) is 23.9 Å². The standard InChI is InChI=1S/C27H29F2N5O/c1-5-16(2)20-12-25(26-21(28)8-6-9-22(26)29)32-33-27(20)18(4)23-10-7-11-24(31-23)19-13-30-34(15-19)14-17(3)35/h6-13,15-18,35H,5,14H2,1-4H3/t16-,17+,18?/m0/s1. The number of rotatable bonds is 8. The normalized spacial score (nSPS) is 14.0. The molecule has 8 heteroatoms. The Morgan fingerprint density at radius 1 is 0.971 bits per heavy atom. The van der Waals surface area contributed by atoms with E-state index in [-0.39, 0.29) is 23.1 Å². The monoisotopic (exact) mass is 477 g/mol. The number of benzene rings is 1. The van der Waals surface area contributed by atoms with Crippen molar-refractivity contribution in [3.05, 3.63) is 83.4 Å². The summed E-state index contributed by atoms with van der Waals surface area (Å²) in [6.45, 7) is 8.24. The zero-order valence-corrected chi connectivity index (χ0v) is 20.3. The topological polar surface area (TPSA) is 76.7 Å². The molecule has 35 heavy (non-hydrogen) atoms. The highest BCUT2D eigenvalue weighted by molar-refractivity contribution is 5.62. The van der Waals surface area contributed by atoms with Gasteiger partial charge >= 0.3 is 0 Å². The van der Waals surface area contributed by atoms with E-state index in [9.17, 15) is 13.9 Å². The Morgan fingerprint density at radius 3 is 2.37 bits per heavy atom. The second-order valence-corrected chi connectivity index (χ2v) is 8.95. The predicted octanol–water partition coefficient (Wildman–Crippen LogP) is 5.73. The summed E-state index contributed by atoms with van der Waals surface area (Å²) in [5.74, 6) is -1.42. The number of aliphatic hydroxyl groups is 1. The van der Waals surface area contributed by atoms with Gasteiger partial charge in [0.05, 0.1) is 41.5 Å². The van der Waals surface area contributed by atoms with Crippen LogP contribution in [-0.4, -0.2) is 36.2 Å². The van der Waals surface area contributed by atoms with Crippen LogP contribution in [0.2, 0.25) is 0 Å². The lowest BCUT2D eigenvalue weighted by atomic mass is 9.89. The summed E-state index contributed by atoms with van der Waals surface area (Å²) in [5, 5.41) is 22.6. The van der Waals surface area contributed by atoms with Gasteiger partial charge in [0.2, 0.25) is 0 Å². The second kappa shape index (κ2) is 10.4. The molecule has 3 aromatic heterocycles. The van der Waals surface area contributed by atoms with Crippen molar-refractivity contribution >= 4 is 0 Å². The first kappa shape index (κ1) is 24.6. The lowest BCUT2D eigenvalue weighted by Crippen LogP contribution is -2.11. The molecule has 0 radical (unpaired) electrons. The summed E-state index contributed by atoms with van der Waals surface area (Å²) in [6, 6.07) is 11.3. The molecule has 0 saturated heterocycles. The molecule has 0 bridgehead atoms. The van der Waals surface area contributed by atoms with Crippen molar-refractivity contribution in [1.82, 2.24) is 25.0 Å². The number of nitrogens with zero attached hydrogens (tertiary/aromatic N) is 5. The Kier molecular flexibility index (Phi) is 7.31. The largest absolute Gasteiger partial charge is 0.391 e. The number of hydrogen-bond donors (Lipinski definition) is 1. The van der Waals surface area contributed by atoms with E-state index in [1.807, 2.05) is 31.3 Å². The zero-order valence-electron chi connectivity index (χ0n) is 20.3. The van der Waals surface area contributed by atoms with Crippen LogP contribution in [0.15, 0.2) is 54.9 Å². The number of hydrogen-bond acceptors (Lipinski definition) is 5. The molecule has 0 amide bonds. The number of aliphatic hydroxyl groups excluding tert-OH is 1. The summed E-state index contributed by atoms with van der Waals surface area (Å²) in [5.41, 5.74) is 4.04. The molecule has 6 nitrogen and oxygen atoms in total. The van der Waals surface area contributed by atoms with E-state index in [0.29, 0.717) is 6.54 Å². The van der Waals surface area contributed by atoms with Crippen LogP contribution < -0.4 is 0 Å². The maximum absolute atomic E-state index is 14.4. The van der Waals surface area contributed by atoms with Gasteiger partial charge in [-0.3, -0.25) is 9.67 Å². The van der Waals surface area contributed by atoms with Crippen LogP contribution in [0.3, 0.4) is 0 Å². The Labute approximate surface area is 203 Å². The van der Waals surface area contributed by atoms with Gasteiger partial charge in [0.15, 0.2) is 0 Å². The zero-order chi connectivity index (χ0) is 25.1. The van der Waals surface area contributed by atoms with Gasteiger partial charge in [-0.25, -0.2) is 8.78 Å². The van der Waals surface area contributed by atoms with Crippen molar-refractivity contribution in [3.8, 4) is 22.5 Å². The minimum Gasteiger partial charge on any atom is -0.391 e. The van der Waals surface area contributed by atoms with Gasteiger partial charge in [-0.2, -0.15) is 15.3 Å². The average Bonchev–Trinajstić information content (AvgIpc) is 3.31. The Morgan fingerprint density at radius 2 is 1.69 bits per heavy atom. The first-order chi connectivity index (χ1) is 16.8. The molecule has 0 aliphatic rings. The second-order valence-electron chi connectivity index (χ2n) is 8.95. The van der Waals surface area contributed by atoms with Crippen molar-refractivity contribution in [1.29, 1.82) is 0 Å². The van der Waals surface area contributed by atoms with Crippen LogP contribution in [-0.2, 0) is 6.54 Å². The highest BCUT2D eigenvalue weighted by Gasteiger charge is 2.23.